The van der Waals surface area contributed by atoms with Crippen LogP contribution in [-0.4, -0.2) is 23.3 Å². The molecule has 2 amide bonds. The standard InChI is InChI=1S/C8H9NO3/c1-3-12-6(2)9-7(10)4-5-8(9)11/h4-5H,2-3H2,1H3. The van der Waals surface area contributed by atoms with Crippen molar-refractivity contribution in [3.63, 3.8) is 0 Å². The van der Waals surface area contributed by atoms with Gasteiger partial charge < -0.3 is 4.74 Å². The Balaban J connectivity index is 2.70. The van der Waals surface area contributed by atoms with E-state index < -0.39 is 11.8 Å². The lowest BCUT2D eigenvalue weighted by Gasteiger charge is -2.15. The summed E-state index contributed by atoms with van der Waals surface area (Å²) < 4.78 is 4.92. The van der Waals surface area contributed by atoms with Crippen LogP contribution in [0.2, 0.25) is 0 Å². The Hall–Kier alpha value is -1.58. The van der Waals surface area contributed by atoms with Crippen molar-refractivity contribution in [2.75, 3.05) is 6.61 Å². The number of rotatable bonds is 3. The molecule has 0 aliphatic carbocycles. The van der Waals surface area contributed by atoms with E-state index in [2.05, 4.69) is 6.58 Å². The second-order valence-electron chi connectivity index (χ2n) is 2.17. The average molecular weight is 167 g/mol. The third-order valence-corrected chi connectivity index (χ3v) is 1.37. The normalized spacial score (nSPS) is 15.6. The van der Waals surface area contributed by atoms with Crippen molar-refractivity contribution in [2.45, 2.75) is 6.92 Å². The molecule has 0 N–H and O–H groups in total. The van der Waals surface area contributed by atoms with Gasteiger partial charge in [-0.15, -0.1) is 0 Å². The van der Waals surface area contributed by atoms with Gasteiger partial charge in [-0.1, -0.05) is 0 Å². The molecule has 0 fully saturated rings. The summed E-state index contributed by atoms with van der Waals surface area (Å²) >= 11 is 0. The van der Waals surface area contributed by atoms with Gasteiger partial charge in [0.15, 0.2) is 5.88 Å². The van der Waals surface area contributed by atoms with Crippen molar-refractivity contribution >= 4 is 11.8 Å². The number of hydrogen-bond donors (Lipinski definition) is 0. The SMILES string of the molecule is C=C(OCC)N1C(=O)C=CC1=O. The largest absolute Gasteiger partial charge is 0.479 e. The molecule has 0 radical (unpaired) electrons. The summed E-state index contributed by atoms with van der Waals surface area (Å²) in [4.78, 5) is 22.8. The Labute approximate surface area is 70.1 Å². The third kappa shape index (κ3) is 1.37. The van der Waals surface area contributed by atoms with Crippen LogP contribution in [0.25, 0.3) is 0 Å². The lowest BCUT2D eigenvalue weighted by atomic mass is 10.6. The first-order valence-corrected chi connectivity index (χ1v) is 3.54. The predicted molar refractivity (Wildman–Crippen MR) is 41.8 cm³/mol. The van der Waals surface area contributed by atoms with Crippen LogP contribution >= 0.6 is 0 Å². The zero-order valence-corrected chi connectivity index (χ0v) is 6.74. The maximum Gasteiger partial charge on any atom is 0.260 e. The van der Waals surface area contributed by atoms with E-state index >= 15 is 0 Å². The molecule has 12 heavy (non-hydrogen) atoms. The molecule has 0 unspecified atom stereocenters. The van der Waals surface area contributed by atoms with E-state index in [9.17, 15) is 9.59 Å². The number of hydrogen-bond acceptors (Lipinski definition) is 3. The van der Waals surface area contributed by atoms with Crippen LogP contribution in [0.3, 0.4) is 0 Å². The lowest BCUT2D eigenvalue weighted by molar-refractivity contribution is -0.137. The molecule has 1 aliphatic heterocycles. The molecule has 1 aliphatic rings. The molecule has 0 aromatic rings. The van der Waals surface area contributed by atoms with Gasteiger partial charge in [-0.05, 0) is 13.5 Å². The second kappa shape index (κ2) is 3.21. The molecule has 1 rings (SSSR count). The molecule has 0 aromatic carbocycles. The molecule has 0 spiro atoms. The first kappa shape index (κ1) is 8.52. The lowest BCUT2D eigenvalue weighted by Crippen LogP contribution is -2.29. The minimum absolute atomic E-state index is 0.0810. The molecule has 0 bridgehead atoms. The van der Waals surface area contributed by atoms with Gasteiger partial charge in [-0.3, -0.25) is 9.59 Å². The number of carbonyl (C=O) groups is 2. The topological polar surface area (TPSA) is 46.6 Å². The quantitative estimate of drug-likeness (QED) is 0.452. The molecule has 0 saturated heterocycles. The van der Waals surface area contributed by atoms with Crippen LogP contribution in [0.5, 0.6) is 0 Å². The highest BCUT2D eigenvalue weighted by molar-refractivity contribution is 6.14. The van der Waals surface area contributed by atoms with Gasteiger partial charge in [-0.2, -0.15) is 0 Å². The molecular weight excluding hydrogens is 158 g/mol. The smallest absolute Gasteiger partial charge is 0.260 e. The maximum atomic E-state index is 11.0. The second-order valence-corrected chi connectivity index (χ2v) is 2.17. The van der Waals surface area contributed by atoms with Crippen LogP contribution in [0.15, 0.2) is 24.6 Å². The Morgan fingerprint density at radius 2 is 2.00 bits per heavy atom. The summed E-state index contributed by atoms with van der Waals surface area (Å²) in [5, 5.41) is 0. The van der Waals surface area contributed by atoms with E-state index in [1.807, 2.05) is 0 Å². The highest BCUT2D eigenvalue weighted by Crippen LogP contribution is 2.11. The van der Waals surface area contributed by atoms with Crippen LogP contribution in [0.1, 0.15) is 6.92 Å². The van der Waals surface area contributed by atoms with Gasteiger partial charge >= 0.3 is 0 Å². The Kier molecular flexibility index (Phi) is 2.28. The summed E-state index contributed by atoms with van der Waals surface area (Å²) in [5.41, 5.74) is 0. The monoisotopic (exact) mass is 167 g/mol. The van der Waals surface area contributed by atoms with Crippen LogP contribution in [0, 0.1) is 0 Å². The van der Waals surface area contributed by atoms with E-state index in [0.29, 0.717) is 6.61 Å². The fourth-order valence-electron chi connectivity index (χ4n) is 0.877. The fourth-order valence-corrected chi connectivity index (χ4v) is 0.877. The first-order chi connectivity index (χ1) is 5.66. The summed E-state index contributed by atoms with van der Waals surface area (Å²) in [6.07, 6.45) is 2.37. The molecule has 4 nitrogen and oxygen atoms in total. The number of ether oxygens (including phenoxy) is 1. The van der Waals surface area contributed by atoms with E-state index in [4.69, 9.17) is 4.74 Å². The number of carbonyl (C=O) groups excluding carboxylic acids is 2. The van der Waals surface area contributed by atoms with Gasteiger partial charge in [0, 0.05) is 12.2 Å². The summed E-state index contributed by atoms with van der Waals surface area (Å²) in [5.74, 6) is -0.727. The Bertz CT molecular complexity index is 249. The minimum Gasteiger partial charge on any atom is -0.479 e. The van der Waals surface area contributed by atoms with Gasteiger partial charge in [-0.25, -0.2) is 4.90 Å². The highest BCUT2D eigenvalue weighted by Gasteiger charge is 2.26. The van der Waals surface area contributed by atoms with E-state index in [1.54, 1.807) is 6.92 Å². The van der Waals surface area contributed by atoms with Crippen molar-refractivity contribution in [2.24, 2.45) is 0 Å². The van der Waals surface area contributed by atoms with Crippen LogP contribution in [-0.2, 0) is 14.3 Å². The molecule has 0 atom stereocenters. The van der Waals surface area contributed by atoms with Gasteiger partial charge in [0.1, 0.15) is 0 Å². The molecule has 0 saturated carbocycles. The van der Waals surface area contributed by atoms with Crippen molar-refractivity contribution in [1.29, 1.82) is 0 Å². The first-order valence-electron chi connectivity index (χ1n) is 3.54. The zero-order chi connectivity index (χ0) is 9.14. The fraction of sp³-hybridized carbons (Fsp3) is 0.250. The van der Waals surface area contributed by atoms with E-state index in [0.717, 1.165) is 4.90 Å². The van der Waals surface area contributed by atoms with E-state index in [-0.39, 0.29) is 5.88 Å². The van der Waals surface area contributed by atoms with Gasteiger partial charge in [0.2, 0.25) is 0 Å². The average Bonchev–Trinajstić information content (AvgIpc) is 2.32. The van der Waals surface area contributed by atoms with Gasteiger partial charge in [0.25, 0.3) is 11.8 Å². The van der Waals surface area contributed by atoms with Gasteiger partial charge in [0.05, 0.1) is 6.61 Å². The number of amides is 2. The molecule has 1 heterocycles. The molecule has 0 aromatic heterocycles. The third-order valence-electron chi connectivity index (χ3n) is 1.37. The number of nitrogens with zero attached hydrogens (tertiary/aromatic N) is 1. The predicted octanol–water partition coefficient (Wildman–Crippen LogP) is 0.419. The van der Waals surface area contributed by atoms with Crippen LogP contribution in [0.4, 0.5) is 0 Å². The van der Waals surface area contributed by atoms with Crippen molar-refractivity contribution in [1.82, 2.24) is 4.90 Å². The van der Waals surface area contributed by atoms with Crippen molar-refractivity contribution < 1.29 is 14.3 Å². The Morgan fingerprint density at radius 3 is 2.42 bits per heavy atom. The summed E-state index contributed by atoms with van der Waals surface area (Å²) in [7, 11) is 0. The Morgan fingerprint density at radius 1 is 1.50 bits per heavy atom. The molecule has 64 valence electrons. The summed E-state index contributed by atoms with van der Waals surface area (Å²) in [6.45, 7) is 5.59. The minimum atomic E-state index is -0.404. The van der Waals surface area contributed by atoms with Crippen molar-refractivity contribution in [3.05, 3.63) is 24.6 Å². The maximum absolute atomic E-state index is 11.0. The zero-order valence-electron chi connectivity index (χ0n) is 6.74. The molecule has 4 heteroatoms. The number of imide groups is 1. The highest BCUT2D eigenvalue weighted by atomic mass is 16.5. The van der Waals surface area contributed by atoms with Crippen LogP contribution < -0.4 is 0 Å². The summed E-state index contributed by atoms with van der Waals surface area (Å²) in [6, 6.07) is 0. The van der Waals surface area contributed by atoms with E-state index in [1.165, 1.54) is 12.2 Å². The molecular formula is C8H9NO3. The van der Waals surface area contributed by atoms with Crippen molar-refractivity contribution in [3.8, 4) is 0 Å².